The van der Waals surface area contributed by atoms with Crippen molar-refractivity contribution in [1.29, 1.82) is 0 Å². The summed E-state index contributed by atoms with van der Waals surface area (Å²) in [5, 5.41) is 0. The Hall–Kier alpha value is -0.0800. The Balaban J connectivity index is 1.92. The summed E-state index contributed by atoms with van der Waals surface area (Å²) in [6, 6.07) is 0.503. The van der Waals surface area contributed by atoms with Crippen LogP contribution >= 0.6 is 0 Å². The lowest BCUT2D eigenvalue weighted by Gasteiger charge is -2.63. The van der Waals surface area contributed by atoms with Crippen LogP contribution in [0.3, 0.4) is 0 Å². The molecule has 0 aliphatic heterocycles. The molecule has 4 fully saturated rings. The smallest absolute Gasteiger partial charge is 0.0239 e. The van der Waals surface area contributed by atoms with Gasteiger partial charge in [-0.25, -0.2) is 0 Å². The third-order valence-electron chi connectivity index (χ3n) is 5.57. The van der Waals surface area contributed by atoms with Crippen molar-refractivity contribution in [3.8, 4) is 0 Å². The minimum absolute atomic E-state index is 0.503. The molecule has 2 nitrogen and oxygen atoms in total. The lowest BCUT2D eigenvalue weighted by atomic mass is 9.43. The van der Waals surface area contributed by atoms with Gasteiger partial charge < -0.3 is 0 Å². The summed E-state index contributed by atoms with van der Waals surface area (Å²) in [6.07, 6.45) is 8.77. The van der Waals surface area contributed by atoms with Crippen LogP contribution < -0.4 is 11.3 Å². The van der Waals surface area contributed by atoms with Crippen molar-refractivity contribution in [2.45, 2.75) is 58.4 Å². The number of rotatable bonds is 2. The molecule has 0 spiro atoms. The largest absolute Gasteiger partial charge is 0.271 e. The third kappa shape index (κ3) is 1.38. The molecule has 86 valence electrons. The lowest BCUT2D eigenvalue weighted by molar-refractivity contribution is -0.115. The zero-order valence-corrected chi connectivity index (χ0v) is 10.1. The molecule has 4 rings (SSSR count). The highest BCUT2D eigenvalue weighted by molar-refractivity contribution is 5.08. The molecule has 3 unspecified atom stereocenters. The van der Waals surface area contributed by atoms with E-state index in [1.165, 1.54) is 38.5 Å². The molecule has 2 heteroatoms. The van der Waals surface area contributed by atoms with E-state index in [-0.39, 0.29) is 0 Å². The third-order valence-corrected chi connectivity index (χ3v) is 5.57. The first kappa shape index (κ1) is 10.1. The first-order valence-electron chi connectivity index (χ1n) is 6.51. The van der Waals surface area contributed by atoms with Crippen LogP contribution in [0.15, 0.2) is 0 Å². The van der Waals surface area contributed by atoms with Crippen LogP contribution in [0.2, 0.25) is 0 Å². The van der Waals surface area contributed by atoms with E-state index in [2.05, 4.69) is 19.3 Å². The second-order valence-electron chi connectivity index (χ2n) is 7.02. The van der Waals surface area contributed by atoms with Gasteiger partial charge in [0.15, 0.2) is 0 Å². The molecule has 0 aromatic heterocycles. The molecular formula is C13H24N2. The van der Waals surface area contributed by atoms with E-state index in [4.69, 9.17) is 5.84 Å². The van der Waals surface area contributed by atoms with E-state index >= 15 is 0 Å². The van der Waals surface area contributed by atoms with Crippen LogP contribution in [0.5, 0.6) is 0 Å². The van der Waals surface area contributed by atoms with E-state index in [0.717, 1.165) is 11.8 Å². The summed E-state index contributed by atoms with van der Waals surface area (Å²) in [4.78, 5) is 0. The summed E-state index contributed by atoms with van der Waals surface area (Å²) in [5.41, 5.74) is 4.22. The quantitative estimate of drug-likeness (QED) is 0.540. The van der Waals surface area contributed by atoms with Crippen LogP contribution in [0.1, 0.15) is 52.4 Å². The Morgan fingerprint density at radius 3 is 2.27 bits per heavy atom. The standard InChI is InChI=1S/C13H24N2/c1-9(15-14)13-6-10-3-11(7-13)5-12(2,4-10)8-13/h9-11,15H,3-8,14H2,1-2H3. The normalized spacial score (nSPS) is 54.6. The van der Waals surface area contributed by atoms with E-state index in [1.807, 2.05) is 0 Å². The fourth-order valence-electron chi connectivity index (χ4n) is 5.48. The number of hydrogen-bond donors (Lipinski definition) is 2. The maximum atomic E-state index is 5.69. The molecule has 0 aromatic rings. The maximum absolute atomic E-state index is 5.69. The topological polar surface area (TPSA) is 38.0 Å². The summed E-state index contributed by atoms with van der Waals surface area (Å²) in [7, 11) is 0. The molecule has 3 N–H and O–H groups in total. The summed E-state index contributed by atoms with van der Waals surface area (Å²) in [6.45, 7) is 4.80. The molecule has 0 radical (unpaired) electrons. The molecular weight excluding hydrogens is 184 g/mol. The van der Waals surface area contributed by atoms with Gasteiger partial charge in [0.2, 0.25) is 0 Å². The van der Waals surface area contributed by atoms with Crippen LogP contribution in [-0.4, -0.2) is 6.04 Å². The number of nitrogens with one attached hydrogen (secondary N) is 1. The second kappa shape index (κ2) is 2.98. The first-order chi connectivity index (χ1) is 7.05. The minimum atomic E-state index is 0.503. The van der Waals surface area contributed by atoms with Crippen molar-refractivity contribution in [2.24, 2.45) is 28.5 Å². The van der Waals surface area contributed by atoms with Gasteiger partial charge in [0.1, 0.15) is 0 Å². The lowest BCUT2D eigenvalue weighted by Crippen LogP contribution is -2.58. The van der Waals surface area contributed by atoms with Crippen LogP contribution in [0.4, 0.5) is 0 Å². The average Bonchev–Trinajstić information content (AvgIpc) is 2.12. The van der Waals surface area contributed by atoms with Gasteiger partial charge in [-0.05, 0) is 68.1 Å². The fraction of sp³-hybridized carbons (Fsp3) is 1.00. The first-order valence-corrected chi connectivity index (χ1v) is 6.51. The SMILES string of the molecule is CC(NN)C12CC3CC(CC(C)(C3)C1)C2. The monoisotopic (exact) mass is 208 g/mol. The Bertz CT molecular complexity index is 260. The number of nitrogens with two attached hydrogens (primary N) is 1. The van der Waals surface area contributed by atoms with Crippen LogP contribution in [0, 0.1) is 22.7 Å². The van der Waals surface area contributed by atoms with Gasteiger partial charge in [-0.3, -0.25) is 11.3 Å². The summed E-state index contributed by atoms with van der Waals surface area (Å²) >= 11 is 0. The highest BCUT2D eigenvalue weighted by atomic mass is 15.2. The predicted octanol–water partition coefficient (Wildman–Crippen LogP) is 2.44. The van der Waals surface area contributed by atoms with Gasteiger partial charge in [-0.15, -0.1) is 0 Å². The van der Waals surface area contributed by atoms with Gasteiger partial charge in [0, 0.05) is 6.04 Å². The van der Waals surface area contributed by atoms with E-state index in [1.54, 1.807) is 0 Å². The van der Waals surface area contributed by atoms with Gasteiger partial charge >= 0.3 is 0 Å². The molecule has 3 atom stereocenters. The molecule has 0 heterocycles. The number of hydrazine groups is 1. The zero-order chi connectivity index (χ0) is 10.7. The van der Waals surface area contributed by atoms with E-state index < -0.39 is 0 Å². The molecule has 15 heavy (non-hydrogen) atoms. The molecule has 4 aliphatic rings. The van der Waals surface area contributed by atoms with Crippen LogP contribution in [-0.2, 0) is 0 Å². The van der Waals surface area contributed by atoms with Crippen molar-refractivity contribution >= 4 is 0 Å². The van der Waals surface area contributed by atoms with Gasteiger partial charge in [-0.1, -0.05) is 6.92 Å². The molecule has 0 amide bonds. The zero-order valence-electron chi connectivity index (χ0n) is 10.1. The van der Waals surface area contributed by atoms with E-state index in [9.17, 15) is 0 Å². The highest BCUT2D eigenvalue weighted by Crippen LogP contribution is 2.65. The highest BCUT2D eigenvalue weighted by Gasteiger charge is 2.57. The average molecular weight is 208 g/mol. The Kier molecular flexibility index (Phi) is 2.01. The van der Waals surface area contributed by atoms with Crippen molar-refractivity contribution < 1.29 is 0 Å². The van der Waals surface area contributed by atoms with Crippen molar-refractivity contribution in [2.75, 3.05) is 0 Å². The van der Waals surface area contributed by atoms with Crippen molar-refractivity contribution in [1.82, 2.24) is 5.43 Å². The molecule has 4 aliphatic carbocycles. The molecule has 4 saturated carbocycles. The van der Waals surface area contributed by atoms with Crippen molar-refractivity contribution in [3.63, 3.8) is 0 Å². The molecule has 0 aromatic carbocycles. The Morgan fingerprint density at radius 1 is 1.20 bits per heavy atom. The Morgan fingerprint density at radius 2 is 1.80 bits per heavy atom. The van der Waals surface area contributed by atoms with Crippen molar-refractivity contribution in [3.05, 3.63) is 0 Å². The predicted molar refractivity (Wildman–Crippen MR) is 62.0 cm³/mol. The Labute approximate surface area is 93.0 Å². The van der Waals surface area contributed by atoms with Crippen LogP contribution in [0.25, 0.3) is 0 Å². The second-order valence-corrected chi connectivity index (χ2v) is 7.02. The minimum Gasteiger partial charge on any atom is -0.271 e. The van der Waals surface area contributed by atoms with Gasteiger partial charge in [-0.2, -0.15) is 0 Å². The summed E-state index contributed by atoms with van der Waals surface area (Å²) in [5.74, 6) is 7.70. The molecule has 0 saturated heterocycles. The fourth-order valence-corrected chi connectivity index (χ4v) is 5.48. The van der Waals surface area contributed by atoms with Gasteiger partial charge in [0.05, 0.1) is 0 Å². The van der Waals surface area contributed by atoms with Gasteiger partial charge in [0.25, 0.3) is 0 Å². The summed E-state index contributed by atoms with van der Waals surface area (Å²) < 4.78 is 0. The molecule has 4 bridgehead atoms. The number of hydrogen-bond acceptors (Lipinski definition) is 2. The van der Waals surface area contributed by atoms with E-state index in [0.29, 0.717) is 16.9 Å². The maximum Gasteiger partial charge on any atom is 0.0239 e.